The largest absolute Gasteiger partial charge is 0.481 e. The van der Waals surface area contributed by atoms with E-state index < -0.39 is 17.6 Å². The number of carboxylic acids is 1. The smallest absolute Gasteiger partial charge is 0.310 e. The minimum atomic E-state index is -1.44. The molecule has 1 unspecified atom stereocenters. The zero-order valence-electron chi connectivity index (χ0n) is 9.12. The van der Waals surface area contributed by atoms with E-state index in [9.17, 15) is 9.18 Å². The summed E-state index contributed by atoms with van der Waals surface area (Å²) < 4.78 is 13.6. The molecule has 3 heteroatoms. The van der Waals surface area contributed by atoms with Gasteiger partial charge in [0.15, 0.2) is 0 Å². The number of rotatable bonds is 3. The minimum Gasteiger partial charge on any atom is -0.481 e. The van der Waals surface area contributed by atoms with Gasteiger partial charge < -0.3 is 5.11 Å². The van der Waals surface area contributed by atoms with Crippen molar-refractivity contribution in [1.82, 2.24) is 0 Å². The van der Waals surface area contributed by atoms with Crippen molar-refractivity contribution in [2.75, 3.05) is 0 Å². The van der Waals surface area contributed by atoms with Gasteiger partial charge in [-0.25, -0.2) is 4.39 Å². The lowest BCUT2D eigenvalue weighted by molar-refractivity contribution is -0.138. The molecule has 0 aliphatic rings. The molecule has 0 bridgehead atoms. The second-order valence-corrected chi connectivity index (χ2v) is 4.16. The lowest BCUT2D eigenvalue weighted by Crippen LogP contribution is -2.12. The van der Waals surface area contributed by atoms with Crippen LogP contribution in [-0.4, -0.2) is 11.1 Å². The highest BCUT2D eigenvalue weighted by molar-refractivity contribution is 5.75. The first-order valence-electron chi connectivity index (χ1n) is 4.84. The number of hydrogen-bond acceptors (Lipinski definition) is 1. The molecule has 0 saturated heterocycles. The van der Waals surface area contributed by atoms with Crippen LogP contribution in [0.15, 0.2) is 24.3 Å². The van der Waals surface area contributed by atoms with Crippen molar-refractivity contribution in [1.29, 1.82) is 0 Å². The lowest BCUT2D eigenvalue weighted by Gasteiger charge is -2.16. The fourth-order valence-electron chi connectivity index (χ4n) is 1.32. The van der Waals surface area contributed by atoms with Crippen molar-refractivity contribution < 1.29 is 14.3 Å². The Labute approximate surface area is 88.7 Å². The van der Waals surface area contributed by atoms with E-state index in [2.05, 4.69) is 0 Å². The van der Waals surface area contributed by atoms with Gasteiger partial charge in [0.1, 0.15) is 5.67 Å². The van der Waals surface area contributed by atoms with E-state index in [0.29, 0.717) is 11.1 Å². The number of benzene rings is 1. The lowest BCUT2D eigenvalue weighted by atomic mass is 9.93. The van der Waals surface area contributed by atoms with Gasteiger partial charge in [0, 0.05) is 0 Å². The van der Waals surface area contributed by atoms with E-state index in [1.165, 1.54) is 13.8 Å². The summed E-state index contributed by atoms with van der Waals surface area (Å²) in [6.07, 6.45) is 0. The Bertz CT molecular complexity index is 366. The molecule has 15 heavy (non-hydrogen) atoms. The Morgan fingerprint density at radius 2 is 2.07 bits per heavy atom. The molecule has 0 spiro atoms. The zero-order chi connectivity index (χ0) is 11.6. The summed E-state index contributed by atoms with van der Waals surface area (Å²) in [6.45, 7) is 4.50. The number of aliphatic carboxylic acids is 1. The topological polar surface area (TPSA) is 37.3 Å². The summed E-state index contributed by atoms with van der Waals surface area (Å²) in [5, 5.41) is 8.84. The minimum absolute atomic E-state index is 0.508. The predicted molar refractivity (Wildman–Crippen MR) is 56.6 cm³/mol. The molecule has 0 radical (unpaired) electrons. The number of carboxylic acid groups (broad SMARTS) is 1. The van der Waals surface area contributed by atoms with Gasteiger partial charge in [-0.3, -0.25) is 4.79 Å². The maximum Gasteiger partial charge on any atom is 0.310 e. The highest BCUT2D eigenvalue weighted by Crippen LogP contribution is 2.27. The summed E-state index contributed by atoms with van der Waals surface area (Å²) in [4.78, 5) is 10.8. The summed E-state index contributed by atoms with van der Waals surface area (Å²) in [5.74, 6) is -1.50. The Morgan fingerprint density at radius 3 is 2.53 bits per heavy atom. The molecule has 2 nitrogen and oxygen atoms in total. The van der Waals surface area contributed by atoms with Gasteiger partial charge in [-0.15, -0.1) is 0 Å². The van der Waals surface area contributed by atoms with Crippen molar-refractivity contribution in [2.45, 2.75) is 32.4 Å². The number of hydrogen-bond donors (Lipinski definition) is 1. The highest BCUT2D eigenvalue weighted by Gasteiger charge is 2.21. The zero-order valence-corrected chi connectivity index (χ0v) is 9.12. The SMILES string of the molecule is CC(C(=O)O)c1cccc(C(C)(C)F)c1. The molecule has 1 N–H and O–H groups in total. The van der Waals surface area contributed by atoms with E-state index in [1.807, 2.05) is 0 Å². The normalized spacial score (nSPS) is 13.6. The average molecular weight is 210 g/mol. The molecule has 0 amide bonds. The molecule has 0 aliphatic carbocycles. The van der Waals surface area contributed by atoms with Crippen LogP contribution >= 0.6 is 0 Å². The van der Waals surface area contributed by atoms with Crippen molar-refractivity contribution in [3.05, 3.63) is 35.4 Å². The number of carbonyl (C=O) groups is 1. The van der Waals surface area contributed by atoms with Crippen LogP contribution in [0.5, 0.6) is 0 Å². The second-order valence-electron chi connectivity index (χ2n) is 4.16. The highest BCUT2D eigenvalue weighted by atomic mass is 19.1. The average Bonchev–Trinajstić information content (AvgIpc) is 2.15. The molecule has 1 aromatic rings. The Balaban J connectivity index is 3.08. The fraction of sp³-hybridized carbons (Fsp3) is 0.417. The number of halogens is 1. The van der Waals surface area contributed by atoms with Gasteiger partial charge in [0.25, 0.3) is 0 Å². The monoisotopic (exact) mass is 210 g/mol. The fourth-order valence-corrected chi connectivity index (χ4v) is 1.32. The van der Waals surface area contributed by atoms with Gasteiger partial charge in [-0.05, 0) is 31.9 Å². The van der Waals surface area contributed by atoms with E-state index in [0.717, 1.165) is 0 Å². The van der Waals surface area contributed by atoms with Crippen LogP contribution in [0.4, 0.5) is 4.39 Å². The Morgan fingerprint density at radius 1 is 1.47 bits per heavy atom. The first kappa shape index (κ1) is 11.7. The molecule has 0 heterocycles. The Hall–Kier alpha value is -1.38. The summed E-state index contributed by atoms with van der Waals surface area (Å²) >= 11 is 0. The van der Waals surface area contributed by atoms with Crippen molar-refractivity contribution in [3.63, 3.8) is 0 Å². The van der Waals surface area contributed by atoms with Crippen LogP contribution in [0.3, 0.4) is 0 Å². The molecular formula is C12H15FO2. The van der Waals surface area contributed by atoms with Crippen LogP contribution < -0.4 is 0 Å². The van der Waals surface area contributed by atoms with Crippen LogP contribution in [0, 0.1) is 0 Å². The van der Waals surface area contributed by atoms with Crippen LogP contribution in [0.2, 0.25) is 0 Å². The van der Waals surface area contributed by atoms with Crippen molar-refractivity contribution in [3.8, 4) is 0 Å². The Kier molecular flexibility index (Phi) is 3.12. The summed E-state index contributed by atoms with van der Waals surface area (Å²) in [7, 11) is 0. The van der Waals surface area contributed by atoms with Gasteiger partial charge in [0.2, 0.25) is 0 Å². The number of alkyl halides is 1. The summed E-state index contributed by atoms with van der Waals surface area (Å²) in [6, 6.07) is 6.66. The third kappa shape index (κ3) is 2.78. The molecule has 0 aliphatic heterocycles. The van der Waals surface area contributed by atoms with Crippen LogP contribution in [0.25, 0.3) is 0 Å². The first-order valence-corrected chi connectivity index (χ1v) is 4.84. The quantitative estimate of drug-likeness (QED) is 0.832. The third-order valence-electron chi connectivity index (χ3n) is 2.44. The maximum atomic E-state index is 13.6. The van der Waals surface area contributed by atoms with Crippen molar-refractivity contribution in [2.24, 2.45) is 0 Å². The first-order chi connectivity index (χ1) is 6.82. The standard InChI is InChI=1S/C12H15FO2/c1-8(11(14)15)9-5-4-6-10(7-9)12(2,3)13/h4-8H,1-3H3,(H,14,15). The second kappa shape index (κ2) is 4.01. The van der Waals surface area contributed by atoms with E-state index in [1.54, 1.807) is 31.2 Å². The van der Waals surface area contributed by atoms with Crippen LogP contribution in [-0.2, 0) is 10.5 Å². The van der Waals surface area contributed by atoms with E-state index >= 15 is 0 Å². The molecule has 1 rings (SSSR count). The molecule has 1 atom stereocenters. The molecular weight excluding hydrogens is 195 g/mol. The van der Waals surface area contributed by atoms with E-state index in [-0.39, 0.29) is 0 Å². The van der Waals surface area contributed by atoms with Gasteiger partial charge in [-0.2, -0.15) is 0 Å². The maximum absolute atomic E-state index is 13.6. The van der Waals surface area contributed by atoms with Gasteiger partial charge >= 0.3 is 5.97 Å². The third-order valence-corrected chi connectivity index (χ3v) is 2.44. The van der Waals surface area contributed by atoms with Gasteiger partial charge in [0.05, 0.1) is 5.92 Å². The van der Waals surface area contributed by atoms with Crippen LogP contribution in [0.1, 0.15) is 37.8 Å². The molecule has 0 saturated carbocycles. The molecule has 0 aromatic heterocycles. The molecule has 82 valence electrons. The van der Waals surface area contributed by atoms with Gasteiger partial charge in [-0.1, -0.05) is 24.3 Å². The predicted octanol–water partition coefficient (Wildman–Crippen LogP) is 3.08. The van der Waals surface area contributed by atoms with Crippen molar-refractivity contribution >= 4 is 5.97 Å². The summed E-state index contributed by atoms with van der Waals surface area (Å²) in [5.41, 5.74) is -0.298. The van der Waals surface area contributed by atoms with E-state index in [4.69, 9.17) is 5.11 Å². The molecule has 1 aromatic carbocycles. The molecule has 0 fully saturated rings.